The van der Waals surface area contributed by atoms with Gasteiger partial charge in [0.2, 0.25) is 0 Å². The van der Waals surface area contributed by atoms with Gasteiger partial charge in [-0.3, -0.25) is 0 Å². The van der Waals surface area contributed by atoms with Gasteiger partial charge >= 0.3 is 12.1 Å². The van der Waals surface area contributed by atoms with Crippen LogP contribution in [0.25, 0.3) is 0 Å². The summed E-state index contributed by atoms with van der Waals surface area (Å²) >= 11 is 5.28. The number of hydrogen-bond donors (Lipinski definition) is 2. The van der Waals surface area contributed by atoms with Gasteiger partial charge in [-0.05, 0) is 29.8 Å². The first kappa shape index (κ1) is 24.8. The Morgan fingerprint density at radius 1 is 1.03 bits per heavy atom. The molecule has 0 amide bonds. The minimum atomic E-state index is -4.47. The van der Waals surface area contributed by atoms with E-state index in [-0.39, 0.29) is 23.8 Å². The number of pyridine rings is 1. The van der Waals surface area contributed by atoms with Crippen LogP contribution in [0.15, 0.2) is 66.7 Å². The standard InChI is InChI=1S/C14H12O3.C6H4ClF3N2.CH4/c15-14(16)12-8-4-5-9-13(12)17-10-11-6-2-1-3-7-11;7-5-3(11)1-2-4(12-5)6(8,9)10;/h1-9H,10H2,(H,15,16);1-2H,11H2;1H4. The van der Waals surface area contributed by atoms with Gasteiger partial charge in [0.05, 0.1) is 5.69 Å². The number of alkyl halides is 3. The Morgan fingerprint density at radius 2 is 1.63 bits per heavy atom. The molecule has 1 aromatic heterocycles. The highest BCUT2D eigenvalue weighted by atomic mass is 35.5. The molecule has 0 saturated heterocycles. The molecule has 0 saturated carbocycles. The third kappa shape index (κ3) is 7.29. The number of ether oxygens (including phenoxy) is 1. The SMILES string of the molecule is C.Nc1ccc(C(F)(F)F)nc1Cl.O=C(O)c1ccccc1OCc1ccccc1. The Labute approximate surface area is 176 Å². The van der Waals surface area contributed by atoms with Crippen molar-refractivity contribution in [1.82, 2.24) is 4.98 Å². The van der Waals surface area contributed by atoms with E-state index in [0.717, 1.165) is 17.7 Å². The number of anilines is 1. The molecule has 0 aliphatic heterocycles. The molecule has 0 aliphatic rings. The van der Waals surface area contributed by atoms with Gasteiger partial charge in [-0.1, -0.05) is 61.5 Å². The van der Waals surface area contributed by atoms with Crippen LogP contribution < -0.4 is 10.5 Å². The van der Waals surface area contributed by atoms with Gasteiger partial charge in [0, 0.05) is 0 Å². The van der Waals surface area contributed by atoms with Gasteiger partial charge in [0.25, 0.3) is 0 Å². The van der Waals surface area contributed by atoms with Gasteiger partial charge in [0.15, 0.2) is 5.15 Å². The number of nitrogens with two attached hydrogens (primary N) is 1. The van der Waals surface area contributed by atoms with E-state index >= 15 is 0 Å². The molecule has 0 unspecified atom stereocenters. The van der Waals surface area contributed by atoms with Crippen molar-refractivity contribution in [2.75, 3.05) is 5.73 Å². The molecule has 0 atom stereocenters. The number of hydrogen-bond acceptors (Lipinski definition) is 4. The molecular weight excluding hydrogens is 421 g/mol. The summed E-state index contributed by atoms with van der Waals surface area (Å²) in [7, 11) is 0. The van der Waals surface area contributed by atoms with Crippen LogP contribution >= 0.6 is 11.6 Å². The highest BCUT2D eigenvalue weighted by molar-refractivity contribution is 6.31. The predicted octanol–water partition coefficient (Wildman–Crippen LogP) is 5.94. The molecule has 160 valence electrons. The van der Waals surface area contributed by atoms with E-state index in [1.54, 1.807) is 18.2 Å². The molecule has 9 heteroatoms. The Bertz CT molecular complexity index is 967. The topological polar surface area (TPSA) is 85.4 Å². The number of para-hydroxylation sites is 1. The van der Waals surface area contributed by atoms with Crippen molar-refractivity contribution in [2.45, 2.75) is 20.2 Å². The van der Waals surface area contributed by atoms with Crippen LogP contribution in [0.2, 0.25) is 5.15 Å². The first-order chi connectivity index (χ1) is 13.7. The van der Waals surface area contributed by atoms with Crippen molar-refractivity contribution in [3.63, 3.8) is 0 Å². The van der Waals surface area contributed by atoms with E-state index in [0.29, 0.717) is 12.4 Å². The average Bonchev–Trinajstić information content (AvgIpc) is 2.69. The van der Waals surface area contributed by atoms with Crippen LogP contribution in [0, 0.1) is 0 Å². The maximum atomic E-state index is 11.9. The molecule has 3 aromatic rings. The van der Waals surface area contributed by atoms with Crippen LogP contribution in [0.3, 0.4) is 0 Å². The molecule has 0 bridgehead atoms. The zero-order valence-corrected chi connectivity index (χ0v) is 15.6. The van der Waals surface area contributed by atoms with Crippen LogP contribution in [-0.4, -0.2) is 16.1 Å². The van der Waals surface area contributed by atoms with Gasteiger partial charge in [-0.25, -0.2) is 9.78 Å². The minimum Gasteiger partial charge on any atom is -0.488 e. The second-order valence-corrected chi connectivity index (χ2v) is 6.01. The number of benzene rings is 2. The second-order valence-electron chi connectivity index (χ2n) is 5.65. The molecular formula is C21H20ClF3N2O3. The van der Waals surface area contributed by atoms with Gasteiger partial charge in [0.1, 0.15) is 23.6 Å². The van der Waals surface area contributed by atoms with E-state index in [1.807, 2.05) is 30.3 Å². The lowest BCUT2D eigenvalue weighted by molar-refractivity contribution is -0.141. The monoisotopic (exact) mass is 440 g/mol. The first-order valence-corrected chi connectivity index (χ1v) is 8.54. The minimum absolute atomic E-state index is 0. The molecule has 3 rings (SSSR count). The van der Waals surface area contributed by atoms with E-state index in [4.69, 9.17) is 27.2 Å². The van der Waals surface area contributed by atoms with Crippen molar-refractivity contribution >= 4 is 23.3 Å². The number of rotatable bonds is 4. The summed E-state index contributed by atoms with van der Waals surface area (Å²) in [5.41, 5.74) is 5.35. The van der Waals surface area contributed by atoms with E-state index in [1.165, 1.54) is 6.07 Å². The van der Waals surface area contributed by atoms with Crippen LogP contribution in [-0.2, 0) is 12.8 Å². The largest absolute Gasteiger partial charge is 0.488 e. The van der Waals surface area contributed by atoms with E-state index in [9.17, 15) is 18.0 Å². The fourth-order valence-corrected chi connectivity index (χ4v) is 2.26. The Balaban J connectivity index is 0.000000308. The van der Waals surface area contributed by atoms with Crippen molar-refractivity contribution in [1.29, 1.82) is 0 Å². The maximum Gasteiger partial charge on any atom is 0.433 e. The van der Waals surface area contributed by atoms with Gasteiger partial charge in [-0.15, -0.1) is 0 Å². The molecule has 0 fully saturated rings. The molecule has 0 aliphatic carbocycles. The molecule has 30 heavy (non-hydrogen) atoms. The summed E-state index contributed by atoms with van der Waals surface area (Å²) < 4.78 is 41.3. The fraction of sp³-hybridized carbons (Fsp3) is 0.143. The zero-order chi connectivity index (χ0) is 21.4. The fourth-order valence-electron chi connectivity index (χ4n) is 2.11. The number of carbonyl (C=O) groups is 1. The summed E-state index contributed by atoms with van der Waals surface area (Å²) in [5, 5.41) is 8.65. The Hall–Kier alpha value is -3.26. The van der Waals surface area contributed by atoms with Crippen molar-refractivity contribution < 1.29 is 27.8 Å². The number of halogens is 4. The van der Waals surface area contributed by atoms with E-state index < -0.39 is 17.8 Å². The second kappa shape index (κ2) is 11.1. The number of aromatic nitrogens is 1. The Morgan fingerprint density at radius 3 is 2.20 bits per heavy atom. The lowest BCUT2D eigenvalue weighted by Gasteiger charge is -2.08. The first-order valence-electron chi connectivity index (χ1n) is 8.16. The highest BCUT2D eigenvalue weighted by Gasteiger charge is 2.32. The number of carboxylic acids is 1. The molecule has 1 heterocycles. The third-order valence-corrected chi connectivity index (χ3v) is 3.83. The Kier molecular flexibility index (Phi) is 9.14. The highest BCUT2D eigenvalue weighted by Crippen LogP contribution is 2.29. The predicted molar refractivity (Wildman–Crippen MR) is 110 cm³/mol. The van der Waals surface area contributed by atoms with Crippen LogP contribution in [0.4, 0.5) is 18.9 Å². The summed E-state index contributed by atoms with van der Waals surface area (Å²) in [5.74, 6) is -0.586. The lowest BCUT2D eigenvalue weighted by atomic mass is 10.2. The molecule has 0 spiro atoms. The molecule has 0 radical (unpaired) electrons. The summed E-state index contributed by atoms with van der Waals surface area (Å²) in [4.78, 5) is 14.0. The third-order valence-electron chi connectivity index (χ3n) is 3.52. The number of carboxylic acid groups (broad SMARTS) is 1. The van der Waals surface area contributed by atoms with Crippen LogP contribution in [0.5, 0.6) is 5.75 Å². The molecule has 5 nitrogen and oxygen atoms in total. The van der Waals surface area contributed by atoms with Gasteiger partial charge < -0.3 is 15.6 Å². The summed E-state index contributed by atoms with van der Waals surface area (Å²) in [6, 6.07) is 18.1. The summed E-state index contributed by atoms with van der Waals surface area (Å²) in [6.45, 7) is 0.366. The lowest BCUT2D eigenvalue weighted by Crippen LogP contribution is -2.08. The number of nitrogen functional groups attached to an aromatic ring is 1. The molecule has 3 N–H and O–H groups in total. The van der Waals surface area contributed by atoms with Crippen molar-refractivity contribution in [3.8, 4) is 5.75 Å². The average molecular weight is 441 g/mol. The van der Waals surface area contributed by atoms with Gasteiger partial charge in [-0.2, -0.15) is 13.2 Å². The summed E-state index contributed by atoms with van der Waals surface area (Å²) in [6.07, 6.45) is -4.47. The van der Waals surface area contributed by atoms with Crippen LogP contribution in [0.1, 0.15) is 29.0 Å². The van der Waals surface area contributed by atoms with Crippen molar-refractivity contribution in [3.05, 3.63) is 88.7 Å². The smallest absolute Gasteiger partial charge is 0.433 e. The molecule has 2 aromatic carbocycles. The maximum absolute atomic E-state index is 11.9. The normalized spacial score (nSPS) is 10.3. The number of nitrogens with zero attached hydrogens (tertiary/aromatic N) is 1. The van der Waals surface area contributed by atoms with Crippen molar-refractivity contribution in [2.24, 2.45) is 0 Å². The van der Waals surface area contributed by atoms with E-state index in [2.05, 4.69) is 4.98 Å². The zero-order valence-electron chi connectivity index (χ0n) is 14.9. The number of aromatic carboxylic acids is 1. The quantitative estimate of drug-likeness (QED) is 0.490.